The van der Waals surface area contributed by atoms with E-state index in [0.29, 0.717) is 38.5 Å². The van der Waals surface area contributed by atoms with Crippen LogP contribution in [0.5, 0.6) is 0 Å². The Morgan fingerprint density at radius 2 is 1.43 bits per heavy atom. The molecule has 0 amide bonds. The first kappa shape index (κ1) is 62.2. The van der Waals surface area contributed by atoms with Gasteiger partial charge in [-0.2, -0.15) is 0 Å². The van der Waals surface area contributed by atoms with E-state index < -0.39 is 120 Å². The quantitative estimate of drug-likeness (QED) is 0.0247. The van der Waals surface area contributed by atoms with Gasteiger partial charge in [-0.15, -0.1) is 0 Å². The van der Waals surface area contributed by atoms with Crippen molar-refractivity contribution in [2.45, 2.75) is 223 Å². The monoisotopic (exact) mass is 1010 g/mol. The van der Waals surface area contributed by atoms with Gasteiger partial charge in [0.15, 0.2) is 6.10 Å². The van der Waals surface area contributed by atoms with Gasteiger partial charge in [0.1, 0.15) is 31.0 Å². The number of aliphatic hydroxyl groups excluding tert-OH is 7. The number of carbonyl (C=O) groups excluding carboxylic acids is 2. The number of phosphoric acid groups is 2. The third-order valence-electron chi connectivity index (χ3n) is 12.3. The van der Waals surface area contributed by atoms with Gasteiger partial charge in [0.05, 0.1) is 37.1 Å². The fourth-order valence-corrected chi connectivity index (χ4v) is 9.85. The van der Waals surface area contributed by atoms with E-state index >= 15 is 0 Å². The average Bonchev–Trinajstić information content (AvgIpc) is 3.28. The van der Waals surface area contributed by atoms with E-state index in [0.717, 1.165) is 63.9 Å². The van der Waals surface area contributed by atoms with Gasteiger partial charge >= 0.3 is 27.6 Å². The number of hydrogen-bond acceptors (Lipinski definition) is 16. The Balaban J connectivity index is 2.35. The van der Waals surface area contributed by atoms with Gasteiger partial charge < -0.3 is 59.9 Å². The Morgan fingerprint density at radius 1 is 0.794 bits per heavy atom. The van der Waals surface area contributed by atoms with Crippen molar-refractivity contribution in [3.05, 3.63) is 36.5 Å². The summed E-state index contributed by atoms with van der Waals surface area (Å²) in [7, 11) is -11.4. The number of hydrogen-bond donors (Lipinski definition) is 10. The molecular formula is C47H84O19P2. The second-order valence-electron chi connectivity index (χ2n) is 18.1. The second-order valence-corrected chi connectivity index (χ2v) is 20.7. The van der Waals surface area contributed by atoms with Crippen molar-refractivity contribution >= 4 is 27.6 Å². The summed E-state index contributed by atoms with van der Waals surface area (Å²) in [5, 5.41) is 79.9. The Kier molecular flexibility index (Phi) is 31.5. The number of phosphoric ester groups is 2. The van der Waals surface area contributed by atoms with Crippen LogP contribution in [0.25, 0.3) is 0 Å². The molecule has 0 radical (unpaired) electrons. The molecule has 2 fully saturated rings. The molecule has 0 aromatic rings. The van der Waals surface area contributed by atoms with Crippen LogP contribution in [0.3, 0.4) is 0 Å². The lowest BCUT2D eigenvalue weighted by Gasteiger charge is -2.39. The van der Waals surface area contributed by atoms with Crippen LogP contribution in [0, 0.1) is 11.8 Å². The number of rotatable bonds is 23. The molecule has 2 bridgehead atoms. The predicted molar refractivity (Wildman–Crippen MR) is 252 cm³/mol. The maximum Gasteiger partial charge on any atom is 0.472 e. The predicted octanol–water partition coefficient (Wildman–Crippen LogP) is 5.89. The van der Waals surface area contributed by atoms with E-state index in [2.05, 4.69) is 31.2 Å². The second kappa shape index (κ2) is 34.5. The summed E-state index contributed by atoms with van der Waals surface area (Å²) in [6, 6.07) is 0. The Morgan fingerprint density at radius 3 is 2.10 bits per heavy atom. The minimum absolute atomic E-state index is 0.0275. The maximum absolute atomic E-state index is 13.8. The molecule has 2 aliphatic rings. The van der Waals surface area contributed by atoms with Crippen molar-refractivity contribution in [2.75, 3.05) is 13.2 Å². The van der Waals surface area contributed by atoms with Crippen LogP contribution in [0.2, 0.25) is 0 Å². The molecule has 21 heteroatoms. The van der Waals surface area contributed by atoms with Crippen LogP contribution in [0.15, 0.2) is 36.5 Å². The molecule has 0 spiro atoms. The molecule has 10 N–H and O–H groups in total. The van der Waals surface area contributed by atoms with Gasteiger partial charge in [0, 0.05) is 31.1 Å². The number of aliphatic hydroxyl groups is 7. The van der Waals surface area contributed by atoms with Crippen LogP contribution in [0.1, 0.15) is 162 Å². The van der Waals surface area contributed by atoms with Gasteiger partial charge in [-0.1, -0.05) is 121 Å². The molecule has 1 heterocycles. The topological polar surface area (TPSA) is 317 Å². The third kappa shape index (κ3) is 26.0. The van der Waals surface area contributed by atoms with E-state index in [1.165, 1.54) is 25.3 Å². The minimum Gasteiger partial charge on any atom is -0.462 e. The first-order valence-corrected chi connectivity index (χ1v) is 27.8. The van der Waals surface area contributed by atoms with Crippen LogP contribution in [-0.4, -0.2) is 137 Å². The number of unbranched alkanes of at least 4 members (excludes halogenated alkanes) is 10. The van der Waals surface area contributed by atoms with Crippen LogP contribution in [0.4, 0.5) is 0 Å². The van der Waals surface area contributed by atoms with Crippen molar-refractivity contribution in [2.24, 2.45) is 11.8 Å². The molecule has 1 aliphatic carbocycles. The molecule has 1 aliphatic heterocycles. The Hall–Kier alpha value is -1.90. The molecule has 0 aromatic carbocycles. The SMILES string of the molecule is CCCCC/C=C\C/C=C\CCCCCCCC(=O)O[C@@H]1COC(=O)CCCCCC[C@@H]2[C@@H](O)[C@H](O)[C@@H](O)[C@H](OP(=O)(O)OC1)[C@H](OP(=O)(O)O)[C@H](O)[C@@H](/C=C/[C@@H](O)CCCCC)[C@H](O)C[C@@H]2O. The van der Waals surface area contributed by atoms with Crippen LogP contribution >= 0.6 is 15.6 Å². The van der Waals surface area contributed by atoms with E-state index in [1.54, 1.807) is 0 Å². The van der Waals surface area contributed by atoms with Crippen molar-refractivity contribution in [1.82, 2.24) is 0 Å². The summed E-state index contributed by atoms with van der Waals surface area (Å²) < 4.78 is 52.3. The van der Waals surface area contributed by atoms with E-state index in [4.69, 9.17) is 23.0 Å². The van der Waals surface area contributed by atoms with E-state index in [1.807, 2.05) is 6.92 Å². The molecule has 396 valence electrons. The van der Waals surface area contributed by atoms with E-state index in [9.17, 15) is 69.1 Å². The molecule has 1 unspecified atom stereocenters. The third-order valence-corrected chi connectivity index (χ3v) is 13.8. The lowest BCUT2D eigenvalue weighted by Crippen LogP contribution is -2.56. The average molecular weight is 1020 g/mol. The largest absolute Gasteiger partial charge is 0.472 e. The number of fused-ring (bicyclic) bond motifs is 4. The molecule has 1 saturated heterocycles. The molecule has 19 nitrogen and oxygen atoms in total. The molecule has 13 atom stereocenters. The molecular weight excluding hydrogens is 930 g/mol. The van der Waals surface area contributed by atoms with Crippen molar-refractivity contribution in [3.63, 3.8) is 0 Å². The summed E-state index contributed by atoms with van der Waals surface area (Å²) in [6.45, 7) is 2.56. The molecule has 0 aromatic heterocycles. The van der Waals surface area contributed by atoms with Gasteiger partial charge in [-0.25, -0.2) is 9.13 Å². The Labute approximate surface area is 402 Å². The minimum atomic E-state index is -5.76. The zero-order valence-electron chi connectivity index (χ0n) is 40.1. The van der Waals surface area contributed by atoms with Gasteiger partial charge in [0.2, 0.25) is 0 Å². The zero-order chi connectivity index (χ0) is 50.5. The van der Waals surface area contributed by atoms with Gasteiger partial charge in [-0.05, 0) is 57.8 Å². The number of ether oxygens (including phenoxy) is 2. The number of allylic oxidation sites excluding steroid dienone is 4. The normalized spacial score (nSPS) is 31.9. The number of carbonyl (C=O) groups is 2. The highest BCUT2D eigenvalue weighted by Gasteiger charge is 2.51. The summed E-state index contributed by atoms with van der Waals surface area (Å²) in [6.07, 6.45) is 4.16. The fourth-order valence-electron chi connectivity index (χ4n) is 8.32. The number of esters is 2. The molecule has 2 rings (SSSR count). The lowest BCUT2D eigenvalue weighted by molar-refractivity contribution is -0.165. The lowest BCUT2D eigenvalue weighted by atomic mass is 9.82. The summed E-state index contributed by atoms with van der Waals surface area (Å²) in [5.74, 6) is -4.40. The smallest absolute Gasteiger partial charge is 0.462 e. The highest BCUT2D eigenvalue weighted by molar-refractivity contribution is 7.47. The molecule has 1 saturated carbocycles. The fraction of sp³-hybridized carbons (Fsp3) is 0.830. The van der Waals surface area contributed by atoms with Crippen molar-refractivity contribution in [3.8, 4) is 0 Å². The highest BCUT2D eigenvalue weighted by Crippen LogP contribution is 2.50. The zero-order valence-corrected chi connectivity index (χ0v) is 41.9. The first-order valence-electron chi connectivity index (χ1n) is 24.8. The maximum atomic E-state index is 13.8. The van der Waals surface area contributed by atoms with Crippen LogP contribution < -0.4 is 0 Å². The summed E-state index contributed by atoms with van der Waals surface area (Å²) in [4.78, 5) is 56.8. The van der Waals surface area contributed by atoms with E-state index in [-0.39, 0.29) is 25.7 Å². The standard InChI is InChI=1S/C47H84O19P2/c1-3-5-7-8-9-10-11-12-13-14-15-16-17-18-24-28-41(52)64-35-32-62-40(51)27-23-20-19-22-26-36-38(49)31-39(50)37(30-29-34(48)25-21-6-4-2)43(54)46(65-67(57,58)59)47(45(56)44(55)42(36)53)66-68(60,61)63-33-35/h9-10,12-13,29-30,34-39,42-50,53-56H,3-8,11,14-28,31-33H2,1-2H3,(H,60,61)(H2,57,58,59)/b10-9-,13-12-,30-29+/t34-,35+,36-,37-,38-,39+,42+,43+,44-,45+,46+,47-/m0/s1. The summed E-state index contributed by atoms with van der Waals surface area (Å²) >= 11 is 0. The number of cyclic esters (lactones) is 1. The Bertz CT molecular complexity index is 1570. The summed E-state index contributed by atoms with van der Waals surface area (Å²) in [5.41, 5.74) is 0. The van der Waals surface area contributed by atoms with Crippen LogP contribution in [-0.2, 0) is 41.8 Å². The van der Waals surface area contributed by atoms with Crippen molar-refractivity contribution in [1.29, 1.82) is 0 Å². The van der Waals surface area contributed by atoms with Gasteiger partial charge in [-0.3, -0.25) is 23.2 Å². The first-order chi connectivity index (χ1) is 32.3. The highest BCUT2D eigenvalue weighted by atomic mass is 31.2. The van der Waals surface area contributed by atoms with Crippen molar-refractivity contribution < 1.29 is 92.2 Å². The van der Waals surface area contributed by atoms with Gasteiger partial charge in [0.25, 0.3) is 0 Å². The molecule has 68 heavy (non-hydrogen) atoms.